The molecule has 1 aromatic carbocycles. The fourth-order valence-corrected chi connectivity index (χ4v) is 4.96. The highest BCUT2D eigenvalue weighted by Gasteiger charge is 2.27. The Morgan fingerprint density at radius 3 is 2.55 bits per heavy atom. The molecule has 0 spiro atoms. The summed E-state index contributed by atoms with van der Waals surface area (Å²) >= 11 is 9.58. The Balaban J connectivity index is 2.40. The third-order valence-corrected chi connectivity index (χ3v) is 6.75. The van der Waals surface area contributed by atoms with Crippen molar-refractivity contribution < 1.29 is 23.8 Å². The molecular formula is C21H27BrClN3O5S2. The monoisotopic (exact) mass is 579 g/mol. The summed E-state index contributed by atoms with van der Waals surface area (Å²) in [6.45, 7) is 9.33. The van der Waals surface area contributed by atoms with Crippen molar-refractivity contribution in [2.75, 3.05) is 13.7 Å². The number of aromatic nitrogens is 1. The van der Waals surface area contributed by atoms with Gasteiger partial charge in [0.2, 0.25) is 0 Å². The molecule has 33 heavy (non-hydrogen) atoms. The Morgan fingerprint density at radius 1 is 1.30 bits per heavy atom. The van der Waals surface area contributed by atoms with Crippen LogP contribution in [0.1, 0.15) is 40.2 Å². The lowest BCUT2D eigenvalue weighted by molar-refractivity contribution is -0.147. The Morgan fingerprint density at radius 2 is 2.00 bits per heavy atom. The molecule has 1 amide bonds. The van der Waals surface area contributed by atoms with E-state index in [0.29, 0.717) is 31.3 Å². The van der Waals surface area contributed by atoms with Crippen LogP contribution in [0, 0.1) is 5.92 Å². The number of carbonyl (C=O) groups is 2. The number of ether oxygens (including phenoxy) is 3. The second kappa shape index (κ2) is 12.1. The van der Waals surface area contributed by atoms with Gasteiger partial charge in [0.1, 0.15) is 17.4 Å². The van der Waals surface area contributed by atoms with Crippen LogP contribution in [-0.2, 0) is 20.7 Å². The minimum atomic E-state index is -0.990. The second-order valence-corrected chi connectivity index (χ2v) is 11.5. The van der Waals surface area contributed by atoms with E-state index in [9.17, 15) is 9.59 Å². The first-order valence-corrected chi connectivity index (χ1v) is 13.4. The Hall–Kier alpha value is -1.69. The molecule has 0 aliphatic heterocycles. The molecular weight excluding hydrogens is 554 g/mol. The van der Waals surface area contributed by atoms with Crippen molar-refractivity contribution in [3.05, 3.63) is 32.0 Å². The third kappa shape index (κ3) is 8.88. The molecule has 0 saturated carbocycles. The van der Waals surface area contributed by atoms with Gasteiger partial charge in [-0.25, -0.2) is 14.6 Å². The maximum absolute atomic E-state index is 12.8. The fraction of sp³-hybridized carbons (Fsp3) is 0.524. The van der Waals surface area contributed by atoms with Crippen LogP contribution in [0.3, 0.4) is 0 Å². The SMILES string of the molecule is COc1cc(Br)c(N=c2ssnc2Cl)cc1C[C@H](NC(=O)OC(C)(C)C)C(=O)OCC(C)C. The first-order valence-electron chi connectivity index (χ1n) is 10.1. The molecule has 8 nitrogen and oxygen atoms in total. The zero-order chi connectivity index (χ0) is 24.8. The van der Waals surface area contributed by atoms with Gasteiger partial charge in [-0.15, -0.1) is 0 Å². The molecule has 2 rings (SSSR count). The van der Waals surface area contributed by atoms with E-state index < -0.39 is 23.7 Å². The highest BCUT2D eigenvalue weighted by Crippen LogP contribution is 2.34. The van der Waals surface area contributed by atoms with Gasteiger partial charge in [-0.1, -0.05) is 25.4 Å². The van der Waals surface area contributed by atoms with Crippen molar-refractivity contribution in [1.29, 1.82) is 0 Å². The number of hydrogen-bond donors (Lipinski definition) is 1. The summed E-state index contributed by atoms with van der Waals surface area (Å²) in [5, 5.41) is 2.94. The number of nitrogens with zero attached hydrogens (tertiary/aromatic N) is 2. The summed E-state index contributed by atoms with van der Waals surface area (Å²) in [5.41, 5.74) is 0.509. The Bertz CT molecular complexity index is 1050. The molecule has 2 aromatic rings. The third-order valence-electron chi connectivity index (χ3n) is 3.94. The standard InChI is InChI=1S/C21H27BrClN3O5S2/c1-11(2)10-30-19(27)15(25-20(28)31-21(3,4)5)8-12-7-14(13(22)9-16(12)29-6)24-18-17(23)26-33-32-18/h7,9,11,15H,8,10H2,1-6H3,(H,25,28)/t15-/m0/s1. The Kier molecular flexibility index (Phi) is 10.1. The lowest BCUT2D eigenvalue weighted by Gasteiger charge is -2.24. The summed E-state index contributed by atoms with van der Waals surface area (Å²) in [7, 11) is 4.11. The van der Waals surface area contributed by atoms with E-state index in [1.54, 1.807) is 32.9 Å². The Labute approximate surface area is 214 Å². The number of nitrogens with one attached hydrogen (secondary N) is 1. The molecule has 0 fully saturated rings. The second-order valence-electron chi connectivity index (χ2n) is 8.50. The average Bonchev–Trinajstić information content (AvgIpc) is 3.10. The molecule has 12 heteroatoms. The maximum Gasteiger partial charge on any atom is 0.408 e. The van der Waals surface area contributed by atoms with E-state index in [4.69, 9.17) is 25.8 Å². The zero-order valence-corrected chi connectivity index (χ0v) is 23.2. The van der Waals surface area contributed by atoms with Crippen LogP contribution in [0.15, 0.2) is 21.6 Å². The van der Waals surface area contributed by atoms with Crippen molar-refractivity contribution in [3.8, 4) is 5.75 Å². The zero-order valence-electron chi connectivity index (χ0n) is 19.2. The maximum atomic E-state index is 12.8. The lowest BCUT2D eigenvalue weighted by atomic mass is 10.0. The van der Waals surface area contributed by atoms with Crippen LogP contribution >= 0.6 is 48.4 Å². The number of amides is 1. The predicted molar refractivity (Wildman–Crippen MR) is 134 cm³/mol. The van der Waals surface area contributed by atoms with Crippen LogP contribution < -0.4 is 14.7 Å². The van der Waals surface area contributed by atoms with Crippen LogP contribution in [0.5, 0.6) is 5.75 Å². The fourth-order valence-electron chi connectivity index (χ4n) is 2.57. The van der Waals surface area contributed by atoms with Gasteiger partial charge >= 0.3 is 12.1 Å². The highest BCUT2D eigenvalue weighted by molar-refractivity contribution is 9.10. The van der Waals surface area contributed by atoms with Gasteiger partial charge in [-0.05, 0) is 70.7 Å². The van der Waals surface area contributed by atoms with Crippen LogP contribution in [0.25, 0.3) is 0 Å². The van der Waals surface area contributed by atoms with Crippen molar-refractivity contribution in [2.24, 2.45) is 10.9 Å². The number of carbonyl (C=O) groups excluding carboxylic acids is 2. The largest absolute Gasteiger partial charge is 0.496 e. The van der Waals surface area contributed by atoms with Crippen molar-refractivity contribution in [2.45, 2.75) is 52.7 Å². The summed E-state index contributed by atoms with van der Waals surface area (Å²) in [6.07, 6.45) is -0.610. The van der Waals surface area contributed by atoms with Gasteiger partial charge in [-0.3, -0.25) is 0 Å². The van der Waals surface area contributed by atoms with Gasteiger partial charge in [0, 0.05) is 21.4 Å². The molecule has 1 atom stereocenters. The number of hydrogen-bond acceptors (Lipinski definition) is 9. The first-order chi connectivity index (χ1) is 15.4. The van der Waals surface area contributed by atoms with Gasteiger partial charge in [0.05, 0.1) is 19.4 Å². The molecule has 0 aliphatic rings. The number of alkyl carbamates (subject to hydrolysis) is 1. The van der Waals surface area contributed by atoms with E-state index in [-0.39, 0.29) is 18.9 Å². The molecule has 0 saturated heterocycles. The minimum Gasteiger partial charge on any atom is -0.496 e. The molecule has 1 aromatic heterocycles. The van der Waals surface area contributed by atoms with Crippen molar-refractivity contribution in [3.63, 3.8) is 0 Å². The summed E-state index contributed by atoms with van der Waals surface area (Å²) in [5.74, 6) is 0.103. The highest BCUT2D eigenvalue weighted by atomic mass is 79.9. The van der Waals surface area contributed by atoms with E-state index in [2.05, 4.69) is 30.6 Å². The van der Waals surface area contributed by atoms with Gasteiger partial charge in [0.15, 0.2) is 9.82 Å². The molecule has 182 valence electrons. The first kappa shape index (κ1) is 27.6. The molecule has 0 unspecified atom stereocenters. The van der Waals surface area contributed by atoms with Gasteiger partial charge in [0.25, 0.3) is 0 Å². The molecule has 0 radical (unpaired) electrons. The van der Waals surface area contributed by atoms with Crippen LogP contribution in [-0.4, -0.2) is 41.8 Å². The topological polar surface area (TPSA) is 99.1 Å². The van der Waals surface area contributed by atoms with Crippen molar-refractivity contribution in [1.82, 2.24) is 9.69 Å². The average molecular weight is 581 g/mol. The normalized spacial score (nSPS) is 13.1. The minimum absolute atomic E-state index is 0.105. The van der Waals surface area contributed by atoms with E-state index in [0.717, 1.165) is 0 Å². The number of benzene rings is 1. The van der Waals surface area contributed by atoms with Gasteiger partial charge < -0.3 is 19.5 Å². The molecule has 0 bridgehead atoms. The van der Waals surface area contributed by atoms with E-state index in [1.165, 1.54) is 28.0 Å². The quantitative estimate of drug-likeness (QED) is 0.327. The number of methoxy groups -OCH3 is 1. The molecule has 1 N–H and O–H groups in total. The van der Waals surface area contributed by atoms with Gasteiger partial charge in [-0.2, -0.15) is 4.37 Å². The summed E-state index contributed by atoms with van der Waals surface area (Å²) < 4.78 is 21.5. The van der Waals surface area contributed by atoms with Crippen LogP contribution in [0.2, 0.25) is 5.15 Å². The van der Waals surface area contributed by atoms with E-state index >= 15 is 0 Å². The predicted octanol–water partition coefficient (Wildman–Crippen LogP) is 5.50. The molecule has 0 aliphatic carbocycles. The van der Waals surface area contributed by atoms with Crippen molar-refractivity contribution >= 4 is 66.2 Å². The van der Waals surface area contributed by atoms with Crippen LogP contribution in [0.4, 0.5) is 10.5 Å². The smallest absolute Gasteiger partial charge is 0.408 e. The summed E-state index contributed by atoms with van der Waals surface area (Å²) in [6, 6.07) is 2.52. The lowest BCUT2D eigenvalue weighted by Crippen LogP contribution is -2.45. The number of halogens is 2. The molecule has 1 heterocycles. The summed E-state index contributed by atoms with van der Waals surface area (Å²) in [4.78, 5) is 29.8. The van der Waals surface area contributed by atoms with E-state index in [1.807, 2.05) is 13.8 Å². The number of rotatable bonds is 8. The number of esters is 1.